The second-order valence-electron chi connectivity index (χ2n) is 15.6. The van der Waals surface area contributed by atoms with Crippen LogP contribution in [0, 0.1) is 0 Å². The standard InChI is InChI=1S/C54H33BN2O2/c1-2-15-37(16-3-1)57-49-26-10-6-20-42(49)45-31-36(39-22-13-23-44-43-21-7-11-27-50(43)59-54(39)44)33-52-53(45)55(57)46-29-28-35(32-51(46)58-52)34-14-12-17-38(30-34)56-47-24-8-4-18-40(47)41-19-5-9-25-48(41)56/h1-33H. The monoisotopic (exact) mass is 752 g/mol. The molecule has 0 bridgehead atoms. The molecule has 2 aliphatic heterocycles. The van der Waals surface area contributed by atoms with Crippen LogP contribution >= 0.6 is 0 Å². The van der Waals surface area contributed by atoms with Crippen molar-refractivity contribution in [2.45, 2.75) is 0 Å². The molecule has 11 aromatic rings. The highest BCUT2D eigenvalue weighted by atomic mass is 16.5. The predicted octanol–water partition coefficient (Wildman–Crippen LogP) is 13.0. The fourth-order valence-electron chi connectivity index (χ4n) is 9.87. The van der Waals surface area contributed by atoms with Crippen LogP contribution in [0.4, 0.5) is 11.4 Å². The average molecular weight is 753 g/mol. The molecule has 274 valence electrons. The van der Waals surface area contributed by atoms with Crippen LogP contribution in [0.3, 0.4) is 0 Å². The fourth-order valence-corrected chi connectivity index (χ4v) is 9.87. The number of ether oxygens (including phenoxy) is 1. The van der Waals surface area contributed by atoms with E-state index in [1.165, 1.54) is 38.4 Å². The molecule has 0 saturated carbocycles. The quantitative estimate of drug-likeness (QED) is 0.168. The van der Waals surface area contributed by atoms with Crippen LogP contribution in [0.25, 0.3) is 82.8 Å². The summed E-state index contributed by atoms with van der Waals surface area (Å²) in [6.07, 6.45) is 0. The number of aromatic nitrogens is 1. The molecule has 4 nitrogen and oxygen atoms in total. The molecule has 2 aliphatic rings. The summed E-state index contributed by atoms with van der Waals surface area (Å²) in [5.74, 6) is 1.71. The lowest BCUT2D eigenvalue weighted by Crippen LogP contribution is -2.59. The Morgan fingerprint density at radius 2 is 1.05 bits per heavy atom. The molecule has 59 heavy (non-hydrogen) atoms. The highest BCUT2D eigenvalue weighted by Gasteiger charge is 2.44. The fraction of sp³-hybridized carbons (Fsp3) is 0. The van der Waals surface area contributed by atoms with Gasteiger partial charge >= 0.3 is 6.85 Å². The first-order valence-corrected chi connectivity index (χ1v) is 20.2. The summed E-state index contributed by atoms with van der Waals surface area (Å²) in [6, 6.07) is 71.8. The summed E-state index contributed by atoms with van der Waals surface area (Å²) in [5, 5.41) is 4.73. The smallest absolute Gasteiger partial charge is 0.336 e. The summed E-state index contributed by atoms with van der Waals surface area (Å²) in [4.78, 5) is 2.49. The second-order valence-corrected chi connectivity index (χ2v) is 15.6. The number of nitrogens with zero attached hydrogens (tertiary/aromatic N) is 2. The molecule has 0 radical (unpaired) electrons. The summed E-state index contributed by atoms with van der Waals surface area (Å²) >= 11 is 0. The Bertz CT molecular complexity index is 3460. The number of fused-ring (bicyclic) bond motifs is 10. The predicted molar refractivity (Wildman–Crippen MR) is 244 cm³/mol. The maximum atomic E-state index is 7.17. The van der Waals surface area contributed by atoms with Crippen LogP contribution in [0.2, 0.25) is 0 Å². The minimum atomic E-state index is -0.116. The van der Waals surface area contributed by atoms with Gasteiger partial charge in [-0.05, 0) is 94.4 Å². The van der Waals surface area contributed by atoms with Crippen LogP contribution in [-0.2, 0) is 0 Å². The lowest BCUT2D eigenvalue weighted by atomic mass is 9.44. The number of hydrogen-bond acceptors (Lipinski definition) is 3. The van der Waals surface area contributed by atoms with E-state index in [-0.39, 0.29) is 6.85 Å². The van der Waals surface area contributed by atoms with E-state index in [9.17, 15) is 0 Å². The van der Waals surface area contributed by atoms with E-state index < -0.39 is 0 Å². The molecule has 0 unspecified atom stereocenters. The highest BCUT2D eigenvalue weighted by molar-refractivity contribution is 6.92. The zero-order valence-electron chi connectivity index (χ0n) is 31.8. The van der Waals surface area contributed by atoms with Crippen molar-refractivity contribution in [1.29, 1.82) is 0 Å². The highest BCUT2D eigenvalue weighted by Crippen LogP contribution is 2.47. The van der Waals surface area contributed by atoms with E-state index in [2.05, 4.69) is 197 Å². The zero-order chi connectivity index (χ0) is 38.6. The lowest BCUT2D eigenvalue weighted by molar-refractivity contribution is 0.487. The van der Waals surface area contributed by atoms with Crippen LogP contribution in [0.15, 0.2) is 205 Å². The minimum absolute atomic E-state index is 0.116. The molecule has 0 amide bonds. The van der Waals surface area contributed by atoms with Crippen molar-refractivity contribution in [2.75, 3.05) is 4.81 Å². The van der Waals surface area contributed by atoms with Gasteiger partial charge in [0.2, 0.25) is 0 Å². The summed E-state index contributed by atoms with van der Waals surface area (Å²) in [7, 11) is 0. The van der Waals surface area contributed by atoms with Crippen molar-refractivity contribution in [3.63, 3.8) is 0 Å². The first-order chi connectivity index (χ1) is 29.3. The zero-order valence-corrected chi connectivity index (χ0v) is 31.8. The summed E-state index contributed by atoms with van der Waals surface area (Å²) in [5.41, 5.74) is 16.6. The Labute approximate surface area is 340 Å². The van der Waals surface area contributed by atoms with Gasteiger partial charge in [-0.1, -0.05) is 133 Å². The van der Waals surface area contributed by atoms with Gasteiger partial charge in [-0.25, -0.2) is 0 Å². The van der Waals surface area contributed by atoms with Gasteiger partial charge in [0, 0.05) is 55.2 Å². The molecule has 0 spiro atoms. The Morgan fingerprint density at radius 3 is 1.90 bits per heavy atom. The SMILES string of the molecule is c1ccc(N2B3c4ccc(-c5cccc(-n6c7ccccc7c7ccccc76)c5)cc4Oc4cc(-c5cccc6c5oc5ccccc56)cc(c43)-c3ccccc32)cc1. The van der Waals surface area contributed by atoms with Gasteiger partial charge in [0.1, 0.15) is 22.7 Å². The molecule has 2 aromatic heterocycles. The first-order valence-electron chi connectivity index (χ1n) is 20.2. The molecular formula is C54H33BN2O2. The number of anilines is 2. The Hall–Kier alpha value is -7.76. The normalized spacial score (nSPS) is 12.8. The van der Waals surface area contributed by atoms with Gasteiger partial charge in [0.25, 0.3) is 0 Å². The van der Waals surface area contributed by atoms with E-state index in [0.717, 1.165) is 78.2 Å². The minimum Gasteiger partial charge on any atom is -0.458 e. The van der Waals surface area contributed by atoms with Crippen molar-refractivity contribution in [2.24, 2.45) is 0 Å². The van der Waals surface area contributed by atoms with Gasteiger partial charge in [-0.3, -0.25) is 0 Å². The van der Waals surface area contributed by atoms with Gasteiger partial charge in [-0.15, -0.1) is 0 Å². The topological polar surface area (TPSA) is 30.5 Å². The van der Waals surface area contributed by atoms with Crippen molar-refractivity contribution in [3.05, 3.63) is 200 Å². The number of furan rings is 1. The van der Waals surface area contributed by atoms with Gasteiger partial charge in [0.05, 0.1) is 11.0 Å². The number of benzene rings is 9. The van der Waals surface area contributed by atoms with Crippen molar-refractivity contribution in [3.8, 4) is 50.6 Å². The Kier molecular flexibility index (Phi) is 6.78. The lowest BCUT2D eigenvalue weighted by Gasteiger charge is -2.42. The third-order valence-corrected chi connectivity index (χ3v) is 12.4. The average Bonchev–Trinajstić information content (AvgIpc) is 3.85. The van der Waals surface area contributed by atoms with Gasteiger partial charge < -0.3 is 18.5 Å². The van der Waals surface area contributed by atoms with Crippen LogP contribution in [-0.4, -0.2) is 11.4 Å². The van der Waals surface area contributed by atoms with E-state index in [0.29, 0.717) is 0 Å². The maximum Gasteiger partial charge on any atom is 0.336 e. The summed E-state index contributed by atoms with van der Waals surface area (Å²) < 4.78 is 16.1. The molecule has 0 N–H and O–H groups in total. The van der Waals surface area contributed by atoms with Crippen LogP contribution in [0.1, 0.15) is 0 Å². The first kappa shape index (κ1) is 32.3. The molecule has 0 saturated heterocycles. The molecule has 9 aromatic carbocycles. The Morgan fingerprint density at radius 1 is 0.407 bits per heavy atom. The Balaban J connectivity index is 1.01. The molecule has 13 rings (SSSR count). The van der Waals surface area contributed by atoms with Crippen molar-refractivity contribution >= 4 is 72.9 Å². The van der Waals surface area contributed by atoms with Gasteiger partial charge in [0.15, 0.2) is 0 Å². The van der Waals surface area contributed by atoms with Crippen molar-refractivity contribution in [1.82, 2.24) is 4.57 Å². The molecular weight excluding hydrogens is 719 g/mol. The molecule has 0 atom stereocenters. The third kappa shape index (κ3) is 4.73. The van der Waals surface area contributed by atoms with E-state index in [1.807, 2.05) is 12.1 Å². The maximum absolute atomic E-state index is 7.17. The molecule has 0 fully saturated rings. The molecule has 4 heterocycles. The van der Waals surface area contributed by atoms with Gasteiger partial charge in [-0.2, -0.15) is 0 Å². The van der Waals surface area contributed by atoms with Crippen LogP contribution < -0.4 is 20.5 Å². The number of hydrogen-bond donors (Lipinski definition) is 0. The number of para-hydroxylation sites is 6. The van der Waals surface area contributed by atoms with E-state index in [1.54, 1.807) is 0 Å². The third-order valence-electron chi connectivity index (χ3n) is 12.4. The number of rotatable bonds is 4. The van der Waals surface area contributed by atoms with E-state index in [4.69, 9.17) is 9.15 Å². The van der Waals surface area contributed by atoms with Crippen LogP contribution in [0.5, 0.6) is 11.5 Å². The second kappa shape index (κ2) is 12.4. The summed E-state index contributed by atoms with van der Waals surface area (Å²) in [6.45, 7) is -0.116. The van der Waals surface area contributed by atoms with Crippen molar-refractivity contribution < 1.29 is 9.15 Å². The molecule has 0 aliphatic carbocycles. The largest absolute Gasteiger partial charge is 0.458 e. The molecule has 5 heteroatoms. The van der Waals surface area contributed by atoms with E-state index >= 15 is 0 Å².